The van der Waals surface area contributed by atoms with Crippen LogP contribution in [0.5, 0.6) is 0 Å². The van der Waals surface area contributed by atoms with Crippen molar-refractivity contribution in [2.45, 2.75) is 20.4 Å². The van der Waals surface area contributed by atoms with Crippen LogP contribution < -0.4 is 4.90 Å². The summed E-state index contributed by atoms with van der Waals surface area (Å²) in [4.78, 5) is 14.3. The highest BCUT2D eigenvalue weighted by atomic mass is 15.2. The van der Waals surface area contributed by atoms with E-state index in [-0.39, 0.29) is 0 Å². The monoisotopic (exact) mass is 266 g/mol. The number of aromatic nitrogens is 3. The normalized spacial score (nSPS) is 10.9. The van der Waals surface area contributed by atoms with Gasteiger partial charge in [0.15, 0.2) is 0 Å². The van der Waals surface area contributed by atoms with Crippen LogP contribution in [0.4, 0.5) is 5.82 Å². The van der Waals surface area contributed by atoms with Crippen molar-refractivity contribution < 1.29 is 0 Å². The van der Waals surface area contributed by atoms with Crippen LogP contribution in [0.2, 0.25) is 0 Å². The molecule has 3 aromatic rings. The minimum Gasteiger partial charge on any atom is -0.352 e. The van der Waals surface area contributed by atoms with Crippen LogP contribution in [0.1, 0.15) is 18.2 Å². The molecule has 0 spiro atoms. The molecule has 0 amide bonds. The molecule has 102 valence electrons. The van der Waals surface area contributed by atoms with Crippen LogP contribution in [0.3, 0.4) is 0 Å². The van der Waals surface area contributed by atoms with Crippen molar-refractivity contribution >= 4 is 16.9 Å². The summed E-state index contributed by atoms with van der Waals surface area (Å²) in [6, 6.07) is 12.6. The number of H-pyrrole nitrogens is 1. The van der Waals surface area contributed by atoms with Gasteiger partial charge in [-0.25, -0.2) is 9.97 Å². The molecule has 2 heterocycles. The van der Waals surface area contributed by atoms with Gasteiger partial charge in [-0.2, -0.15) is 0 Å². The summed E-state index contributed by atoms with van der Waals surface area (Å²) in [7, 11) is 0. The third-order valence-electron chi connectivity index (χ3n) is 3.44. The standard InChI is InChI=1S/C16H18N4/c1-3-20(10-13-7-5-4-6-8-13)16-14-9-12(2)19-15(14)17-11-18-16/h4-9,11H,3,10H2,1-2H3,(H,17,18,19). The summed E-state index contributed by atoms with van der Waals surface area (Å²) >= 11 is 0. The second-order valence-electron chi connectivity index (χ2n) is 4.91. The summed E-state index contributed by atoms with van der Waals surface area (Å²) in [6.07, 6.45) is 1.63. The predicted octanol–water partition coefficient (Wildman–Crippen LogP) is 3.29. The van der Waals surface area contributed by atoms with E-state index in [0.29, 0.717) is 0 Å². The van der Waals surface area contributed by atoms with E-state index in [1.807, 2.05) is 13.0 Å². The summed E-state index contributed by atoms with van der Waals surface area (Å²) in [6.45, 7) is 5.95. The predicted molar refractivity (Wildman–Crippen MR) is 81.8 cm³/mol. The Kier molecular flexibility index (Phi) is 3.37. The molecule has 1 aromatic carbocycles. The van der Waals surface area contributed by atoms with Crippen molar-refractivity contribution in [3.05, 3.63) is 54.0 Å². The highest BCUT2D eigenvalue weighted by molar-refractivity contribution is 5.88. The van der Waals surface area contributed by atoms with Gasteiger partial charge in [-0.15, -0.1) is 0 Å². The van der Waals surface area contributed by atoms with Gasteiger partial charge in [0.05, 0.1) is 5.39 Å². The molecule has 0 atom stereocenters. The number of hydrogen-bond acceptors (Lipinski definition) is 3. The molecule has 0 bridgehead atoms. The fourth-order valence-electron chi connectivity index (χ4n) is 2.45. The molecule has 0 unspecified atom stereocenters. The van der Waals surface area contributed by atoms with Gasteiger partial charge in [-0.05, 0) is 25.5 Å². The summed E-state index contributed by atoms with van der Waals surface area (Å²) in [5, 5.41) is 1.09. The molecule has 4 nitrogen and oxygen atoms in total. The van der Waals surface area contributed by atoms with Crippen LogP contribution in [0, 0.1) is 6.92 Å². The average Bonchev–Trinajstić information content (AvgIpc) is 2.86. The Labute approximate surface area is 118 Å². The van der Waals surface area contributed by atoms with E-state index in [2.05, 4.69) is 57.1 Å². The fourth-order valence-corrected chi connectivity index (χ4v) is 2.45. The lowest BCUT2D eigenvalue weighted by atomic mass is 10.2. The molecule has 0 aliphatic heterocycles. The zero-order valence-corrected chi connectivity index (χ0v) is 11.8. The number of aryl methyl sites for hydroxylation is 1. The molecule has 0 saturated heterocycles. The first-order valence-electron chi connectivity index (χ1n) is 6.87. The summed E-state index contributed by atoms with van der Waals surface area (Å²) in [5.41, 5.74) is 3.30. The van der Waals surface area contributed by atoms with E-state index in [1.165, 1.54) is 5.56 Å². The third-order valence-corrected chi connectivity index (χ3v) is 3.44. The number of anilines is 1. The Bertz CT molecular complexity index is 703. The van der Waals surface area contributed by atoms with Crippen LogP contribution >= 0.6 is 0 Å². The second-order valence-corrected chi connectivity index (χ2v) is 4.91. The van der Waals surface area contributed by atoms with Gasteiger partial charge in [0, 0.05) is 18.8 Å². The first kappa shape index (κ1) is 12.7. The van der Waals surface area contributed by atoms with Gasteiger partial charge in [0.25, 0.3) is 0 Å². The van der Waals surface area contributed by atoms with E-state index in [1.54, 1.807) is 6.33 Å². The number of fused-ring (bicyclic) bond motifs is 1. The molecular weight excluding hydrogens is 248 g/mol. The first-order valence-corrected chi connectivity index (χ1v) is 6.87. The highest BCUT2D eigenvalue weighted by Crippen LogP contribution is 2.24. The van der Waals surface area contributed by atoms with E-state index in [0.717, 1.165) is 35.6 Å². The number of benzene rings is 1. The molecule has 3 rings (SSSR count). The lowest BCUT2D eigenvalue weighted by Gasteiger charge is -2.22. The van der Waals surface area contributed by atoms with Gasteiger partial charge >= 0.3 is 0 Å². The smallest absolute Gasteiger partial charge is 0.143 e. The van der Waals surface area contributed by atoms with Crippen molar-refractivity contribution in [1.29, 1.82) is 0 Å². The van der Waals surface area contributed by atoms with Crippen LogP contribution in [0.15, 0.2) is 42.7 Å². The van der Waals surface area contributed by atoms with E-state index >= 15 is 0 Å². The van der Waals surface area contributed by atoms with Gasteiger partial charge in [-0.3, -0.25) is 0 Å². The number of aromatic amines is 1. The van der Waals surface area contributed by atoms with E-state index < -0.39 is 0 Å². The summed E-state index contributed by atoms with van der Waals surface area (Å²) in [5.74, 6) is 0.991. The van der Waals surface area contributed by atoms with Crippen molar-refractivity contribution in [3.8, 4) is 0 Å². The van der Waals surface area contributed by atoms with Gasteiger partial charge in [-0.1, -0.05) is 30.3 Å². The Balaban J connectivity index is 1.99. The minimum absolute atomic E-state index is 0.855. The van der Waals surface area contributed by atoms with Crippen LogP contribution in [-0.2, 0) is 6.54 Å². The molecule has 20 heavy (non-hydrogen) atoms. The number of rotatable bonds is 4. The SMILES string of the molecule is CCN(Cc1ccccc1)c1ncnc2[nH]c(C)cc12. The molecule has 0 saturated carbocycles. The maximum Gasteiger partial charge on any atom is 0.143 e. The molecule has 1 N–H and O–H groups in total. The molecule has 4 heteroatoms. The molecule has 2 aromatic heterocycles. The Morgan fingerprint density at radius 2 is 1.95 bits per heavy atom. The number of hydrogen-bond donors (Lipinski definition) is 1. The van der Waals surface area contributed by atoms with Crippen LogP contribution in [0.25, 0.3) is 11.0 Å². The molecule has 0 aliphatic rings. The van der Waals surface area contributed by atoms with E-state index in [9.17, 15) is 0 Å². The average molecular weight is 266 g/mol. The van der Waals surface area contributed by atoms with Gasteiger partial charge < -0.3 is 9.88 Å². The summed E-state index contributed by atoms with van der Waals surface area (Å²) < 4.78 is 0. The minimum atomic E-state index is 0.855. The maximum absolute atomic E-state index is 4.48. The maximum atomic E-state index is 4.48. The van der Waals surface area contributed by atoms with Gasteiger partial charge in [0.2, 0.25) is 0 Å². The largest absolute Gasteiger partial charge is 0.352 e. The lowest BCUT2D eigenvalue weighted by Crippen LogP contribution is -2.23. The molecule has 0 radical (unpaired) electrons. The molecule has 0 aliphatic carbocycles. The topological polar surface area (TPSA) is 44.8 Å². The fraction of sp³-hybridized carbons (Fsp3) is 0.250. The highest BCUT2D eigenvalue weighted by Gasteiger charge is 2.12. The van der Waals surface area contributed by atoms with Gasteiger partial charge in [0.1, 0.15) is 17.8 Å². The van der Waals surface area contributed by atoms with Crippen LogP contribution in [-0.4, -0.2) is 21.5 Å². The van der Waals surface area contributed by atoms with E-state index in [4.69, 9.17) is 0 Å². The number of nitrogens with one attached hydrogen (secondary N) is 1. The van der Waals surface area contributed by atoms with Crippen molar-refractivity contribution in [2.24, 2.45) is 0 Å². The first-order chi connectivity index (χ1) is 9.78. The Morgan fingerprint density at radius 1 is 1.15 bits per heavy atom. The number of nitrogens with zero attached hydrogens (tertiary/aromatic N) is 3. The Morgan fingerprint density at radius 3 is 2.70 bits per heavy atom. The molecule has 0 fully saturated rings. The zero-order valence-electron chi connectivity index (χ0n) is 11.8. The second kappa shape index (κ2) is 5.33. The van der Waals surface area contributed by atoms with Crippen molar-refractivity contribution in [3.63, 3.8) is 0 Å². The third kappa shape index (κ3) is 2.37. The quantitative estimate of drug-likeness (QED) is 0.788. The molecular formula is C16H18N4. The zero-order chi connectivity index (χ0) is 13.9. The Hall–Kier alpha value is -2.36. The van der Waals surface area contributed by atoms with Crippen molar-refractivity contribution in [2.75, 3.05) is 11.4 Å². The lowest BCUT2D eigenvalue weighted by molar-refractivity contribution is 0.816. The van der Waals surface area contributed by atoms with Crippen molar-refractivity contribution in [1.82, 2.24) is 15.0 Å².